The van der Waals surface area contributed by atoms with Gasteiger partial charge in [-0.3, -0.25) is 24.3 Å². The van der Waals surface area contributed by atoms with Crippen molar-refractivity contribution in [2.24, 2.45) is 0 Å². The van der Waals surface area contributed by atoms with E-state index in [2.05, 4.69) is 10.3 Å². The number of thiophene rings is 1. The van der Waals surface area contributed by atoms with Crippen LogP contribution in [0.15, 0.2) is 18.5 Å². The predicted molar refractivity (Wildman–Crippen MR) is 99.4 cm³/mol. The molecule has 2 aliphatic rings. The normalized spacial score (nSPS) is 17.5. The minimum atomic E-state index is -1.74. The molecule has 0 saturated carbocycles. The van der Waals surface area contributed by atoms with Crippen molar-refractivity contribution in [1.29, 1.82) is 0 Å². The Morgan fingerprint density at radius 2 is 1.97 bits per heavy atom. The fraction of sp³-hybridized carbons (Fsp3) is 0.222. The van der Waals surface area contributed by atoms with Gasteiger partial charge in [-0.25, -0.2) is 9.59 Å². The quantitative estimate of drug-likeness (QED) is 0.464. The number of hydrogen-bond donors (Lipinski definition) is 3. The third-order valence-electron chi connectivity index (χ3n) is 4.77. The Labute approximate surface area is 171 Å². The Balaban J connectivity index is 1.57. The second-order valence-electron chi connectivity index (χ2n) is 6.55. The molecule has 1 atom stereocenters. The van der Waals surface area contributed by atoms with Gasteiger partial charge in [0.05, 0.1) is 35.9 Å². The van der Waals surface area contributed by atoms with Crippen molar-refractivity contribution in [2.45, 2.75) is 19.1 Å². The molecule has 3 N–H and O–H groups in total. The van der Waals surface area contributed by atoms with Crippen LogP contribution in [-0.2, 0) is 27.4 Å². The summed E-state index contributed by atoms with van der Waals surface area (Å²) in [7, 11) is 0. The van der Waals surface area contributed by atoms with Crippen LogP contribution in [0.25, 0.3) is 0 Å². The van der Waals surface area contributed by atoms with E-state index in [1.54, 1.807) is 0 Å². The van der Waals surface area contributed by atoms with Crippen molar-refractivity contribution in [2.75, 3.05) is 11.9 Å². The number of carbonyl (C=O) groups excluding carboxylic acids is 3. The monoisotopic (exact) mass is 431 g/mol. The van der Waals surface area contributed by atoms with E-state index in [1.807, 2.05) is 0 Å². The van der Waals surface area contributed by atoms with Crippen LogP contribution in [0.5, 0.6) is 0 Å². The number of carbonyl (C=O) groups is 5. The van der Waals surface area contributed by atoms with E-state index in [-0.39, 0.29) is 41.3 Å². The van der Waals surface area contributed by atoms with E-state index >= 15 is 0 Å². The van der Waals surface area contributed by atoms with Crippen LogP contribution in [-0.4, -0.2) is 62.4 Å². The van der Waals surface area contributed by atoms with Gasteiger partial charge >= 0.3 is 17.8 Å². The van der Waals surface area contributed by atoms with Crippen LogP contribution >= 0.6 is 11.3 Å². The number of pyridine rings is 1. The van der Waals surface area contributed by atoms with Crippen molar-refractivity contribution < 1.29 is 38.9 Å². The molecule has 3 amide bonds. The van der Waals surface area contributed by atoms with E-state index in [1.165, 1.54) is 18.5 Å². The lowest BCUT2D eigenvalue weighted by molar-refractivity contribution is -0.147. The molecule has 0 radical (unpaired) electrons. The Bertz CT molecular complexity index is 1090. The molecule has 2 aromatic rings. The Morgan fingerprint density at radius 1 is 1.23 bits per heavy atom. The molecule has 0 fully saturated rings. The first-order valence-electron chi connectivity index (χ1n) is 8.61. The van der Waals surface area contributed by atoms with Crippen LogP contribution in [0.4, 0.5) is 5.00 Å². The number of carboxylic acids is 2. The van der Waals surface area contributed by atoms with Gasteiger partial charge in [0.15, 0.2) is 0 Å². The second-order valence-corrected chi connectivity index (χ2v) is 7.66. The molecule has 0 bridgehead atoms. The summed E-state index contributed by atoms with van der Waals surface area (Å²) in [4.78, 5) is 64.4. The summed E-state index contributed by atoms with van der Waals surface area (Å²) in [6.07, 6.45) is 2.13. The summed E-state index contributed by atoms with van der Waals surface area (Å²) in [5.41, 5.74) is 0.596. The van der Waals surface area contributed by atoms with Gasteiger partial charge in [-0.15, -0.1) is 11.3 Å². The molecule has 1 unspecified atom stereocenters. The summed E-state index contributed by atoms with van der Waals surface area (Å²) in [6, 6.07) is 1.45. The average molecular weight is 431 g/mol. The van der Waals surface area contributed by atoms with Crippen molar-refractivity contribution in [3.63, 3.8) is 0 Å². The van der Waals surface area contributed by atoms with Crippen LogP contribution in [0.2, 0.25) is 0 Å². The molecule has 2 aliphatic heterocycles. The number of amides is 3. The number of anilines is 1. The maximum atomic E-state index is 12.5. The number of aromatic nitrogens is 1. The molecule has 4 rings (SSSR count). The molecule has 0 spiro atoms. The van der Waals surface area contributed by atoms with Crippen LogP contribution < -0.4 is 5.32 Å². The van der Waals surface area contributed by atoms with Gasteiger partial charge in [0.2, 0.25) is 0 Å². The lowest BCUT2D eigenvalue weighted by Gasteiger charge is -2.26. The molecule has 11 nitrogen and oxygen atoms in total. The zero-order valence-electron chi connectivity index (χ0n) is 15.1. The molecule has 2 aromatic heterocycles. The fourth-order valence-electron chi connectivity index (χ4n) is 3.42. The molecule has 30 heavy (non-hydrogen) atoms. The highest BCUT2D eigenvalue weighted by Crippen LogP contribution is 2.38. The van der Waals surface area contributed by atoms with Gasteiger partial charge in [0.25, 0.3) is 11.8 Å². The maximum Gasteiger partial charge on any atom is 0.394 e. The molecule has 0 saturated heterocycles. The van der Waals surface area contributed by atoms with E-state index in [9.17, 15) is 29.1 Å². The van der Waals surface area contributed by atoms with Crippen molar-refractivity contribution >= 4 is 46.0 Å². The number of imide groups is 1. The number of aliphatic carboxylic acids is 1. The molecule has 0 aromatic carbocycles. The average Bonchev–Trinajstić information content (AvgIpc) is 3.18. The van der Waals surface area contributed by atoms with Crippen molar-refractivity contribution in [1.82, 2.24) is 9.88 Å². The standard InChI is InChI=1S/C18H13N3O8S/c22-13(18(27)28)20-14-12(17(25)26)9-3-7(29-6-11(9)30-14)5-21-15(23)8-1-2-19-4-10(8)16(21)24/h1-2,4,7H,3,5-6H2,(H,20,22)(H,25,26)(H,27,28). The highest BCUT2D eigenvalue weighted by atomic mass is 32.1. The van der Waals surface area contributed by atoms with Crippen LogP contribution in [0.3, 0.4) is 0 Å². The third-order valence-corrected chi connectivity index (χ3v) is 5.89. The summed E-state index contributed by atoms with van der Waals surface area (Å²) < 4.78 is 5.69. The van der Waals surface area contributed by atoms with E-state index in [4.69, 9.17) is 9.84 Å². The topological polar surface area (TPSA) is 163 Å². The molecular formula is C18H13N3O8S. The first kappa shape index (κ1) is 19.7. The zero-order chi connectivity index (χ0) is 21.6. The SMILES string of the molecule is O=C(O)C(=O)Nc1sc2c(c1C(=O)O)CC(CN1C(=O)c3ccncc3C1=O)OC2. The fourth-order valence-corrected chi connectivity index (χ4v) is 4.56. The Kier molecular flexibility index (Phi) is 4.79. The minimum Gasteiger partial charge on any atom is -0.478 e. The van der Waals surface area contributed by atoms with Gasteiger partial charge in [-0.05, 0) is 11.6 Å². The zero-order valence-corrected chi connectivity index (χ0v) is 15.9. The maximum absolute atomic E-state index is 12.5. The minimum absolute atomic E-state index is 0.00138. The predicted octanol–water partition coefficient (Wildman–Crippen LogP) is 0.602. The van der Waals surface area contributed by atoms with Gasteiger partial charge < -0.3 is 20.3 Å². The summed E-state index contributed by atoms with van der Waals surface area (Å²) in [5.74, 6) is -5.42. The molecule has 12 heteroatoms. The third kappa shape index (κ3) is 3.21. The lowest BCUT2D eigenvalue weighted by Crippen LogP contribution is -2.40. The van der Waals surface area contributed by atoms with E-state index in [0.717, 1.165) is 16.2 Å². The number of carboxylic acid groups (broad SMARTS) is 2. The van der Waals surface area contributed by atoms with Crippen LogP contribution in [0, 0.1) is 0 Å². The molecule has 154 valence electrons. The largest absolute Gasteiger partial charge is 0.478 e. The Hall–Kier alpha value is -3.64. The summed E-state index contributed by atoms with van der Waals surface area (Å²) in [6.45, 7) is -0.0872. The highest BCUT2D eigenvalue weighted by Gasteiger charge is 2.39. The smallest absolute Gasteiger partial charge is 0.394 e. The molecule has 0 aliphatic carbocycles. The first-order valence-corrected chi connectivity index (χ1v) is 9.43. The van der Waals surface area contributed by atoms with E-state index < -0.39 is 35.8 Å². The van der Waals surface area contributed by atoms with Gasteiger partial charge in [0.1, 0.15) is 5.00 Å². The van der Waals surface area contributed by atoms with Crippen molar-refractivity contribution in [3.8, 4) is 0 Å². The van der Waals surface area contributed by atoms with Crippen molar-refractivity contribution in [3.05, 3.63) is 45.6 Å². The number of rotatable bonds is 4. The number of fused-ring (bicyclic) bond motifs is 2. The van der Waals surface area contributed by atoms with Gasteiger partial charge in [-0.1, -0.05) is 0 Å². The number of ether oxygens (including phenoxy) is 1. The summed E-state index contributed by atoms with van der Waals surface area (Å²) >= 11 is 0.915. The van der Waals surface area contributed by atoms with Gasteiger partial charge in [-0.2, -0.15) is 0 Å². The Morgan fingerprint density at radius 3 is 2.63 bits per heavy atom. The first-order chi connectivity index (χ1) is 14.3. The number of aromatic carboxylic acids is 1. The molecular weight excluding hydrogens is 418 g/mol. The van der Waals surface area contributed by atoms with E-state index in [0.29, 0.717) is 10.4 Å². The number of nitrogens with one attached hydrogen (secondary N) is 1. The lowest BCUT2D eigenvalue weighted by atomic mass is 10.0. The van der Waals surface area contributed by atoms with Gasteiger partial charge in [0, 0.05) is 23.7 Å². The van der Waals surface area contributed by atoms with Crippen LogP contribution in [0.1, 0.15) is 41.5 Å². The number of hydrogen-bond acceptors (Lipinski definition) is 8. The summed E-state index contributed by atoms with van der Waals surface area (Å²) in [5, 5.41) is 20.3. The number of nitrogens with zero attached hydrogens (tertiary/aromatic N) is 2. The second kappa shape index (κ2) is 7.31. The molecule has 4 heterocycles. The highest BCUT2D eigenvalue weighted by molar-refractivity contribution is 7.17.